The molecule has 7 heteroatoms. The van der Waals surface area contributed by atoms with Crippen LogP contribution in [0.4, 0.5) is 10.6 Å². The first-order chi connectivity index (χ1) is 8.15. The summed E-state index contributed by atoms with van der Waals surface area (Å²) in [6.45, 7) is 1.44. The zero-order valence-corrected chi connectivity index (χ0v) is 9.93. The van der Waals surface area contributed by atoms with Crippen LogP contribution < -0.4 is 10.6 Å². The molecule has 2 heterocycles. The number of carbonyl (C=O) groups excluding carboxylic acids is 1. The van der Waals surface area contributed by atoms with Crippen LogP contribution in [0, 0.1) is 0 Å². The molecule has 1 saturated heterocycles. The third-order valence-corrected chi connectivity index (χ3v) is 2.80. The van der Waals surface area contributed by atoms with Crippen molar-refractivity contribution in [1.82, 2.24) is 10.2 Å². The molecule has 92 valence electrons. The van der Waals surface area contributed by atoms with Gasteiger partial charge >= 0.3 is 6.09 Å². The first kappa shape index (κ1) is 11.9. The van der Waals surface area contributed by atoms with Crippen LogP contribution in [-0.4, -0.2) is 35.5 Å². The van der Waals surface area contributed by atoms with Gasteiger partial charge in [-0.05, 0) is 25.0 Å². The van der Waals surface area contributed by atoms with Gasteiger partial charge in [0.1, 0.15) is 6.10 Å². The van der Waals surface area contributed by atoms with Gasteiger partial charge < -0.3 is 15.4 Å². The SMILES string of the molecule is NC(=O)OC1CCCN(c2ccc(Cl)nn2)C1. The predicted octanol–water partition coefficient (Wildman–Crippen LogP) is 1.19. The number of nitrogens with two attached hydrogens (primary N) is 1. The summed E-state index contributed by atoms with van der Waals surface area (Å²) >= 11 is 5.67. The second kappa shape index (κ2) is 5.18. The molecule has 0 bridgehead atoms. The Labute approximate surface area is 104 Å². The molecule has 1 fully saturated rings. The molecule has 2 rings (SSSR count). The number of halogens is 1. The zero-order chi connectivity index (χ0) is 12.3. The van der Waals surface area contributed by atoms with Gasteiger partial charge in [-0.25, -0.2) is 4.79 Å². The third-order valence-electron chi connectivity index (χ3n) is 2.60. The van der Waals surface area contributed by atoms with E-state index in [9.17, 15) is 4.79 Å². The van der Waals surface area contributed by atoms with Crippen LogP contribution >= 0.6 is 11.6 Å². The number of amides is 1. The first-order valence-electron chi connectivity index (χ1n) is 5.35. The number of nitrogens with zero attached hydrogens (tertiary/aromatic N) is 3. The average molecular weight is 257 g/mol. The number of aromatic nitrogens is 2. The van der Waals surface area contributed by atoms with Crippen LogP contribution in [0.15, 0.2) is 12.1 Å². The molecule has 1 aliphatic rings. The Hall–Kier alpha value is -1.56. The number of ether oxygens (including phenoxy) is 1. The molecule has 6 nitrogen and oxygen atoms in total. The highest BCUT2D eigenvalue weighted by atomic mass is 35.5. The quantitative estimate of drug-likeness (QED) is 0.860. The van der Waals surface area contributed by atoms with Crippen LogP contribution in [0.5, 0.6) is 0 Å². The van der Waals surface area contributed by atoms with E-state index in [1.807, 2.05) is 4.90 Å². The third kappa shape index (κ3) is 3.20. The van der Waals surface area contributed by atoms with Gasteiger partial charge in [0.2, 0.25) is 0 Å². The predicted molar refractivity (Wildman–Crippen MR) is 62.9 cm³/mol. The van der Waals surface area contributed by atoms with Crippen molar-refractivity contribution in [3.05, 3.63) is 17.3 Å². The topological polar surface area (TPSA) is 81.3 Å². The largest absolute Gasteiger partial charge is 0.445 e. The first-order valence-corrected chi connectivity index (χ1v) is 5.73. The van der Waals surface area contributed by atoms with E-state index in [4.69, 9.17) is 22.1 Å². The molecule has 0 aromatic carbocycles. The highest BCUT2D eigenvalue weighted by Gasteiger charge is 2.23. The lowest BCUT2D eigenvalue weighted by molar-refractivity contribution is 0.0964. The van der Waals surface area contributed by atoms with Gasteiger partial charge in [0.25, 0.3) is 0 Å². The normalized spacial score (nSPS) is 20.1. The van der Waals surface area contributed by atoms with Crippen LogP contribution in [0.1, 0.15) is 12.8 Å². The summed E-state index contributed by atoms with van der Waals surface area (Å²) < 4.78 is 4.99. The second-order valence-electron chi connectivity index (χ2n) is 3.86. The number of anilines is 1. The minimum absolute atomic E-state index is 0.182. The Morgan fingerprint density at radius 2 is 2.35 bits per heavy atom. The summed E-state index contributed by atoms with van der Waals surface area (Å²) in [7, 11) is 0. The molecule has 1 aliphatic heterocycles. The molecule has 1 aromatic heterocycles. The lowest BCUT2D eigenvalue weighted by Gasteiger charge is -2.32. The lowest BCUT2D eigenvalue weighted by Crippen LogP contribution is -2.41. The van der Waals surface area contributed by atoms with Crippen molar-refractivity contribution in [3.8, 4) is 0 Å². The van der Waals surface area contributed by atoms with E-state index >= 15 is 0 Å². The number of primary amides is 1. The van der Waals surface area contributed by atoms with Crippen molar-refractivity contribution in [2.75, 3.05) is 18.0 Å². The fourth-order valence-electron chi connectivity index (χ4n) is 1.88. The summed E-state index contributed by atoms with van der Waals surface area (Å²) in [6, 6.07) is 3.48. The van der Waals surface area contributed by atoms with Crippen LogP contribution in [0.3, 0.4) is 0 Å². The molecule has 0 radical (unpaired) electrons. The van der Waals surface area contributed by atoms with Crippen molar-refractivity contribution in [2.45, 2.75) is 18.9 Å². The van der Waals surface area contributed by atoms with E-state index in [-0.39, 0.29) is 6.10 Å². The maximum Gasteiger partial charge on any atom is 0.404 e. The Kier molecular flexibility index (Phi) is 3.63. The average Bonchev–Trinajstić information content (AvgIpc) is 2.29. The molecule has 1 atom stereocenters. The van der Waals surface area contributed by atoms with Gasteiger partial charge in [0, 0.05) is 6.54 Å². The van der Waals surface area contributed by atoms with Gasteiger partial charge in [-0.15, -0.1) is 10.2 Å². The van der Waals surface area contributed by atoms with Crippen LogP contribution in [0.2, 0.25) is 5.15 Å². The number of hydrogen-bond donors (Lipinski definition) is 1. The van der Waals surface area contributed by atoms with E-state index in [0.29, 0.717) is 11.7 Å². The van der Waals surface area contributed by atoms with E-state index in [2.05, 4.69) is 10.2 Å². The van der Waals surface area contributed by atoms with Gasteiger partial charge in [-0.2, -0.15) is 0 Å². The summed E-state index contributed by atoms with van der Waals surface area (Å²) in [5.41, 5.74) is 5.00. The summed E-state index contributed by atoms with van der Waals surface area (Å²) in [5.74, 6) is 0.729. The van der Waals surface area contributed by atoms with Gasteiger partial charge in [-0.1, -0.05) is 11.6 Å². The maximum atomic E-state index is 10.7. The molecule has 2 N–H and O–H groups in total. The Balaban J connectivity index is 2.01. The van der Waals surface area contributed by atoms with E-state index in [0.717, 1.165) is 25.2 Å². The van der Waals surface area contributed by atoms with Crippen molar-refractivity contribution >= 4 is 23.5 Å². The van der Waals surface area contributed by atoms with Crippen molar-refractivity contribution in [2.24, 2.45) is 5.73 Å². The molecule has 17 heavy (non-hydrogen) atoms. The Bertz CT molecular complexity index is 398. The highest BCUT2D eigenvalue weighted by Crippen LogP contribution is 2.19. The van der Waals surface area contributed by atoms with Gasteiger partial charge in [0.15, 0.2) is 11.0 Å². The van der Waals surface area contributed by atoms with E-state index in [1.165, 1.54) is 0 Å². The van der Waals surface area contributed by atoms with Crippen LogP contribution in [0.25, 0.3) is 0 Å². The summed E-state index contributed by atoms with van der Waals surface area (Å²) in [4.78, 5) is 12.7. The molecule has 0 saturated carbocycles. The zero-order valence-electron chi connectivity index (χ0n) is 9.17. The second-order valence-corrected chi connectivity index (χ2v) is 4.25. The Morgan fingerprint density at radius 3 is 3.00 bits per heavy atom. The number of rotatable bonds is 2. The monoisotopic (exact) mass is 256 g/mol. The maximum absolute atomic E-state index is 10.7. The van der Waals surface area contributed by atoms with E-state index < -0.39 is 6.09 Å². The fourth-order valence-corrected chi connectivity index (χ4v) is 1.99. The van der Waals surface area contributed by atoms with Crippen molar-refractivity contribution in [3.63, 3.8) is 0 Å². The molecule has 0 aliphatic carbocycles. The van der Waals surface area contributed by atoms with Gasteiger partial charge in [-0.3, -0.25) is 0 Å². The summed E-state index contributed by atoms with van der Waals surface area (Å²) in [5, 5.41) is 8.13. The highest BCUT2D eigenvalue weighted by molar-refractivity contribution is 6.29. The molecular formula is C10H13ClN4O2. The minimum Gasteiger partial charge on any atom is -0.445 e. The number of piperidine rings is 1. The van der Waals surface area contributed by atoms with Crippen molar-refractivity contribution in [1.29, 1.82) is 0 Å². The molecule has 1 aromatic rings. The fraction of sp³-hybridized carbons (Fsp3) is 0.500. The van der Waals surface area contributed by atoms with Crippen molar-refractivity contribution < 1.29 is 9.53 Å². The van der Waals surface area contributed by atoms with Crippen LogP contribution in [-0.2, 0) is 4.74 Å². The summed E-state index contributed by atoms with van der Waals surface area (Å²) in [6.07, 6.45) is 0.820. The molecule has 1 unspecified atom stereocenters. The lowest BCUT2D eigenvalue weighted by atomic mass is 10.1. The standard InChI is InChI=1S/C10H13ClN4O2/c11-8-3-4-9(14-13-8)15-5-1-2-7(6-15)17-10(12)16/h3-4,7H,1-2,5-6H2,(H2,12,16). The smallest absolute Gasteiger partial charge is 0.404 e. The Morgan fingerprint density at radius 1 is 1.53 bits per heavy atom. The number of carbonyl (C=O) groups is 1. The van der Waals surface area contributed by atoms with E-state index in [1.54, 1.807) is 12.1 Å². The molecular weight excluding hydrogens is 244 g/mol. The number of hydrogen-bond acceptors (Lipinski definition) is 5. The molecule has 1 amide bonds. The van der Waals surface area contributed by atoms with Gasteiger partial charge in [0.05, 0.1) is 6.54 Å². The molecule has 0 spiro atoms. The minimum atomic E-state index is -0.737.